The molecule has 2 heterocycles. The Labute approximate surface area is 148 Å². The van der Waals surface area contributed by atoms with Gasteiger partial charge in [0, 0.05) is 31.2 Å². The lowest BCUT2D eigenvalue weighted by molar-refractivity contribution is 0.0857. The quantitative estimate of drug-likeness (QED) is 0.844. The number of rotatable bonds is 6. The first-order valence-electron chi connectivity index (χ1n) is 8.70. The number of anilines is 2. The second-order valence-electron chi connectivity index (χ2n) is 6.54. The minimum absolute atomic E-state index is 0.125. The molecule has 1 amide bonds. The van der Waals surface area contributed by atoms with Gasteiger partial charge < -0.3 is 15.4 Å². The van der Waals surface area contributed by atoms with Crippen molar-refractivity contribution in [3.05, 3.63) is 47.8 Å². The Hall–Kier alpha value is -2.47. The van der Waals surface area contributed by atoms with Crippen molar-refractivity contribution in [3.63, 3.8) is 0 Å². The van der Waals surface area contributed by atoms with Crippen LogP contribution in [0.25, 0.3) is 0 Å². The van der Waals surface area contributed by atoms with Crippen LogP contribution in [0.4, 0.5) is 11.6 Å². The van der Waals surface area contributed by atoms with E-state index in [9.17, 15) is 4.79 Å². The average molecular weight is 340 g/mol. The predicted octanol–water partition coefficient (Wildman–Crippen LogP) is 3.25. The van der Waals surface area contributed by atoms with Crippen LogP contribution < -0.4 is 10.6 Å². The lowest BCUT2D eigenvalue weighted by atomic mass is 10.0. The maximum atomic E-state index is 12.1. The van der Waals surface area contributed by atoms with E-state index in [4.69, 9.17) is 4.74 Å². The third-order valence-corrected chi connectivity index (χ3v) is 4.26. The molecule has 132 valence electrons. The van der Waals surface area contributed by atoms with Gasteiger partial charge in [0.2, 0.25) is 5.95 Å². The van der Waals surface area contributed by atoms with Gasteiger partial charge in [0.05, 0.1) is 11.7 Å². The summed E-state index contributed by atoms with van der Waals surface area (Å²) in [5, 5.41) is 6.00. The minimum atomic E-state index is -0.177. The molecule has 0 aliphatic carbocycles. The molecule has 6 heteroatoms. The Morgan fingerprint density at radius 1 is 1.24 bits per heavy atom. The highest BCUT2D eigenvalue weighted by Crippen LogP contribution is 2.19. The van der Waals surface area contributed by atoms with Crippen LogP contribution in [0.2, 0.25) is 0 Å². The van der Waals surface area contributed by atoms with Crippen molar-refractivity contribution in [2.45, 2.75) is 38.7 Å². The minimum Gasteiger partial charge on any atom is -0.376 e. The molecule has 1 atom stereocenters. The van der Waals surface area contributed by atoms with Crippen LogP contribution in [0, 0.1) is 0 Å². The Morgan fingerprint density at radius 2 is 1.96 bits per heavy atom. The van der Waals surface area contributed by atoms with Gasteiger partial charge in [0.1, 0.15) is 0 Å². The molecular weight excluding hydrogens is 316 g/mol. The second kappa shape index (κ2) is 8.07. The topological polar surface area (TPSA) is 76.1 Å². The highest BCUT2D eigenvalue weighted by atomic mass is 16.5. The van der Waals surface area contributed by atoms with Gasteiger partial charge in [-0.1, -0.05) is 26.0 Å². The number of ether oxygens (including phenoxy) is 1. The molecule has 0 radical (unpaired) electrons. The van der Waals surface area contributed by atoms with E-state index in [0.717, 1.165) is 25.1 Å². The van der Waals surface area contributed by atoms with Crippen LogP contribution in [0.3, 0.4) is 0 Å². The third kappa shape index (κ3) is 4.76. The SMILES string of the molecule is CC(C)c1ccc(Nc2ncc(C(=O)NCC3CCCO3)cn2)cc1. The molecule has 0 saturated carbocycles. The number of carbonyl (C=O) groups excluding carboxylic acids is 1. The molecule has 2 aromatic rings. The van der Waals surface area contributed by atoms with Crippen LogP contribution in [0.1, 0.15) is 48.5 Å². The van der Waals surface area contributed by atoms with E-state index in [0.29, 0.717) is 24.0 Å². The van der Waals surface area contributed by atoms with Gasteiger partial charge in [-0.25, -0.2) is 9.97 Å². The van der Waals surface area contributed by atoms with E-state index >= 15 is 0 Å². The van der Waals surface area contributed by atoms with Crippen molar-refractivity contribution >= 4 is 17.5 Å². The van der Waals surface area contributed by atoms with Gasteiger partial charge in [-0.2, -0.15) is 0 Å². The summed E-state index contributed by atoms with van der Waals surface area (Å²) >= 11 is 0. The van der Waals surface area contributed by atoms with Crippen molar-refractivity contribution < 1.29 is 9.53 Å². The molecule has 0 spiro atoms. The fourth-order valence-electron chi connectivity index (χ4n) is 2.70. The van der Waals surface area contributed by atoms with Gasteiger partial charge in [-0.05, 0) is 36.5 Å². The number of hydrogen-bond acceptors (Lipinski definition) is 5. The van der Waals surface area contributed by atoms with E-state index in [1.807, 2.05) is 12.1 Å². The zero-order valence-corrected chi connectivity index (χ0v) is 14.7. The van der Waals surface area contributed by atoms with Crippen molar-refractivity contribution in [1.82, 2.24) is 15.3 Å². The summed E-state index contributed by atoms with van der Waals surface area (Å²) in [6.07, 6.45) is 5.24. The fraction of sp³-hybridized carbons (Fsp3) is 0.421. The molecule has 1 saturated heterocycles. The van der Waals surface area contributed by atoms with Gasteiger partial charge in [0.25, 0.3) is 5.91 Å². The normalized spacial score (nSPS) is 16.8. The molecular formula is C19H24N4O2. The first-order chi connectivity index (χ1) is 12.1. The number of hydrogen-bond donors (Lipinski definition) is 2. The summed E-state index contributed by atoms with van der Waals surface area (Å²) in [6.45, 7) is 5.63. The molecule has 1 aliphatic heterocycles. The summed E-state index contributed by atoms with van der Waals surface area (Å²) in [4.78, 5) is 20.5. The summed E-state index contributed by atoms with van der Waals surface area (Å²) in [5.74, 6) is 0.786. The van der Waals surface area contributed by atoms with Gasteiger partial charge in [-0.15, -0.1) is 0 Å². The van der Waals surface area contributed by atoms with E-state index < -0.39 is 0 Å². The average Bonchev–Trinajstić information content (AvgIpc) is 3.14. The van der Waals surface area contributed by atoms with E-state index in [2.05, 4.69) is 46.6 Å². The standard InChI is InChI=1S/C19H24N4O2/c1-13(2)14-5-7-16(8-6-14)23-19-21-10-15(11-22-19)18(24)20-12-17-4-3-9-25-17/h5-8,10-11,13,17H,3-4,9,12H2,1-2H3,(H,20,24)(H,21,22,23). The van der Waals surface area contributed by atoms with Crippen molar-refractivity contribution in [2.24, 2.45) is 0 Å². The maximum absolute atomic E-state index is 12.1. The fourth-order valence-corrected chi connectivity index (χ4v) is 2.70. The smallest absolute Gasteiger partial charge is 0.254 e. The Bertz CT molecular complexity index is 692. The lowest BCUT2D eigenvalue weighted by Crippen LogP contribution is -2.31. The Morgan fingerprint density at radius 3 is 2.56 bits per heavy atom. The molecule has 2 N–H and O–H groups in total. The summed E-state index contributed by atoms with van der Waals surface area (Å²) < 4.78 is 5.49. The molecule has 1 aromatic heterocycles. The molecule has 3 rings (SSSR count). The van der Waals surface area contributed by atoms with Crippen LogP contribution in [-0.2, 0) is 4.74 Å². The third-order valence-electron chi connectivity index (χ3n) is 4.26. The number of amides is 1. The predicted molar refractivity (Wildman–Crippen MR) is 97.2 cm³/mol. The Kier molecular flexibility index (Phi) is 5.60. The van der Waals surface area contributed by atoms with Crippen LogP contribution in [-0.4, -0.2) is 35.1 Å². The summed E-state index contributed by atoms with van der Waals surface area (Å²) in [5.41, 5.74) is 2.64. The number of carbonyl (C=O) groups is 1. The Balaban J connectivity index is 1.55. The summed E-state index contributed by atoms with van der Waals surface area (Å²) in [6, 6.07) is 8.17. The lowest BCUT2D eigenvalue weighted by Gasteiger charge is -2.11. The number of nitrogens with zero attached hydrogens (tertiary/aromatic N) is 2. The second-order valence-corrected chi connectivity index (χ2v) is 6.54. The zero-order valence-electron chi connectivity index (χ0n) is 14.7. The first-order valence-corrected chi connectivity index (χ1v) is 8.70. The van der Waals surface area contributed by atoms with E-state index in [1.54, 1.807) is 0 Å². The molecule has 0 bridgehead atoms. The zero-order chi connectivity index (χ0) is 17.6. The van der Waals surface area contributed by atoms with Crippen LogP contribution in [0.5, 0.6) is 0 Å². The molecule has 1 aromatic carbocycles. The molecule has 1 fully saturated rings. The number of aromatic nitrogens is 2. The van der Waals surface area contributed by atoms with Crippen LogP contribution in [0.15, 0.2) is 36.7 Å². The number of benzene rings is 1. The van der Waals surface area contributed by atoms with Gasteiger partial charge in [0.15, 0.2) is 0 Å². The van der Waals surface area contributed by atoms with E-state index in [-0.39, 0.29) is 12.0 Å². The monoisotopic (exact) mass is 340 g/mol. The van der Waals surface area contributed by atoms with Gasteiger partial charge in [-0.3, -0.25) is 4.79 Å². The molecule has 1 unspecified atom stereocenters. The van der Waals surface area contributed by atoms with Crippen molar-refractivity contribution in [3.8, 4) is 0 Å². The maximum Gasteiger partial charge on any atom is 0.254 e. The molecule has 25 heavy (non-hydrogen) atoms. The largest absolute Gasteiger partial charge is 0.376 e. The summed E-state index contributed by atoms with van der Waals surface area (Å²) in [7, 11) is 0. The van der Waals surface area contributed by atoms with Crippen molar-refractivity contribution in [2.75, 3.05) is 18.5 Å². The first kappa shape index (κ1) is 17.4. The van der Waals surface area contributed by atoms with Crippen molar-refractivity contribution in [1.29, 1.82) is 0 Å². The number of nitrogens with one attached hydrogen (secondary N) is 2. The highest BCUT2D eigenvalue weighted by Gasteiger charge is 2.17. The molecule has 6 nitrogen and oxygen atoms in total. The molecule has 1 aliphatic rings. The van der Waals surface area contributed by atoms with E-state index in [1.165, 1.54) is 18.0 Å². The van der Waals surface area contributed by atoms with Crippen LogP contribution >= 0.6 is 0 Å². The van der Waals surface area contributed by atoms with Gasteiger partial charge >= 0.3 is 0 Å². The highest BCUT2D eigenvalue weighted by molar-refractivity contribution is 5.93.